The van der Waals surface area contributed by atoms with E-state index in [-0.39, 0.29) is 18.4 Å². The number of likely N-dealkylation sites (N-methyl/N-ethyl adjacent to an activating group) is 1. The maximum atomic E-state index is 11.9. The summed E-state index contributed by atoms with van der Waals surface area (Å²) in [6.07, 6.45) is 0. The Kier molecular flexibility index (Phi) is 6.36. The van der Waals surface area contributed by atoms with Crippen molar-refractivity contribution in [2.45, 2.75) is 19.7 Å². The van der Waals surface area contributed by atoms with E-state index in [0.717, 1.165) is 5.56 Å². The largest absolute Gasteiger partial charge is 0.343 e. The van der Waals surface area contributed by atoms with E-state index >= 15 is 0 Å². The fraction of sp³-hybridized carbons (Fsp3) is 0.429. The molecule has 1 aromatic rings. The van der Waals surface area contributed by atoms with Gasteiger partial charge in [-0.1, -0.05) is 12.1 Å². The summed E-state index contributed by atoms with van der Waals surface area (Å²) >= 11 is 5.72. The van der Waals surface area contributed by atoms with E-state index < -0.39 is 0 Å². The van der Waals surface area contributed by atoms with Gasteiger partial charge in [-0.25, -0.2) is 0 Å². The van der Waals surface area contributed by atoms with Gasteiger partial charge in [0, 0.05) is 24.5 Å². The highest BCUT2D eigenvalue weighted by Gasteiger charge is 2.12. The van der Waals surface area contributed by atoms with Gasteiger partial charge in [-0.05, 0) is 31.5 Å². The minimum atomic E-state index is -0.257. The van der Waals surface area contributed by atoms with Crippen molar-refractivity contribution in [1.29, 1.82) is 0 Å². The van der Waals surface area contributed by atoms with Crippen molar-refractivity contribution >= 4 is 23.4 Å². The quantitative estimate of drug-likeness (QED) is 0.812. The second-order valence-electron chi connectivity index (χ2n) is 4.08. The maximum absolute atomic E-state index is 11.9. The SMILES string of the molecule is CCN(CC)C(=O)CNC(=O)c1cccc(CCl)c1. The van der Waals surface area contributed by atoms with Gasteiger partial charge in [-0.15, -0.1) is 11.6 Å². The zero-order valence-corrected chi connectivity index (χ0v) is 12.0. The Morgan fingerprint density at radius 1 is 1.26 bits per heavy atom. The fourth-order valence-corrected chi connectivity index (χ4v) is 1.91. The molecule has 5 heteroatoms. The highest BCUT2D eigenvalue weighted by molar-refractivity contribution is 6.17. The van der Waals surface area contributed by atoms with Crippen LogP contribution in [0, 0.1) is 0 Å². The van der Waals surface area contributed by atoms with Crippen LogP contribution in [0.1, 0.15) is 29.8 Å². The lowest BCUT2D eigenvalue weighted by atomic mass is 10.1. The molecule has 0 atom stereocenters. The van der Waals surface area contributed by atoms with Gasteiger partial charge in [0.25, 0.3) is 5.91 Å². The van der Waals surface area contributed by atoms with Crippen LogP contribution in [-0.2, 0) is 10.7 Å². The average Bonchev–Trinajstić information content (AvgIpc) is 2.46. The number of halogens is 1. The van der Waals surface area contributed by atoms with Gasteiger partial charge >= 0.3 is 0 Å². The summed E-state index contributed by atoms with van der Waals surface area (Å²) in [6.45, 7) is 5.13. The van der Waals surface area contributed by atoms with E-state index in [1.807, 2.05) is 19.9 Å². The summed E-state index contributed by atoms with van der Waals surface area (Å²) in [4.78, 5) is 25.3. The van der Waals surface area contributed by atoms with Crippen LogP contribution in [0.15, 0.2) is 24.3 Å². The Morgan fingerprint density at radius 2 is 1.95 bits per heavy atom. The third-order valence-corrected chi connectivity index (χ3v) is 3.17. The molecule has 2 amide bonds. The molecule has 0 aliphatic heterocycles. The Bertz CT molecular complexity index is 445. The number of benzene rings is 1. The van der Waals surface area contributed by atoms with Gasteiger partial charge in [0.05, 0.1) is 6.54 Å². The molecule has 1 aromatic carbocycles. The van der Waals surface area contributed by atoms with Crippen molar-refractivity contribution in [3.05, 3.63) is 35.4 Å². The molecule has 19 heavy (non-hydrogen) atoms. The first-order valence-electron chi connectivity index (χ1n) is 6.33. The predicted octanol–water partition coefficient (Wildman–Crippen LogP) is 2.02. The molecule has 0 aliphatic rings. The molecular weight excluding hydrogens is 264 g/mol. The van der Waals surface area contributed by atoms with Gasteiger partial charge < -0.3 is 10.2 Å². The van der Waals surface area contributed by atoms with Gasteiger partial charge in [0.2, 0.25) is 5.91 Å². The average molecular weight is 283 g/mol. The minimum absolute atomic E-state index is 0.0195. The molecule has 0 saturated carbocycles. The van der Waals surface area contributed by atoms with E-state index in [1.165, 1.54) is 0 Å². The van der Waals surface area contributed by atoms with Crippen molar-refractivity contribution in [1.82, 2.24) is 10.2 Å². The van der Waals surface area contributed by atoms with E-state index in [1.54, 1.807) is 23.1 Å². The smallest absolute Gasteiger partial charge is 0.251 e. The lowest BCUT2D eigenvalue weighted by Gasteiger charge is -2.18. The van der Waals surface area contributed by atoms with Gasteiger partial charge in [-0.3, -0.25) is 9.59 Å². The number of nitrogens with one attached hydrogen (secondary N) is 1. The molecule has 0 heterocycles. The number of rotatable bonds is 6. The number of carbonyl (C=O) groups is 2. The van der Waals surface area contributed by atoms with Crippen LogP contribution in [0.5, 0.6) is 0 Å². The van der Waals surface area contributed by atoms with Crippen molar-refractivity contribution in [3.63, 3.8) is 0 Å². The molecule has 0 aromatic heterocycles. The van der Waals surface area contributed by atoms with Crippen LogP contribution in [0.3, 0.4) is 0 Å². The summed E-state index contributed by atoms with van der Waals surface area (Å²) in [5.74, 6) is 0.0267. The van der Waals surface area contributed by atoms with Crippen LogP contribution < -0.4 is 5.32 Å². The molecule has 0 fully saturated rings. The second-order valence-corrected chi connectivity index (χ2v) is 4.35. The molecule has 0 saturated heterocycles. The first-order valence-corrected chi connectivity index (χ1v) is 6.86. The molecule has 0 aliphatic carbocycles. The zero-order valence-electron chi connectivity index (χ0n) is 11.3. The number of alkyl halides is 1. The van der Waals surface area contributed by atoms with Crippen LogP contribution >= 0.6 is 11.6 Å². The Balaban J connectivity index is 2.57. The van der Waals surface area contributed by atoms with E-state index in [0.29, 0.717) is 24.5 Å². The minimum Gasteiger partial charge on any atom is -0.343 e. The number of hydrogen-bond acceptors (Lipinski definition) is 2. The lowest BCUT2D eigenvalue weighted by Crippen LogP contribution is -2.40. The fourth-order valence-electron chi connectivity index (χ4n) is 1.74. The topological polar surface area (TPSA) is 49.4 Å². The van der Waals surface area contributed by atoms with E-state index in [4.69, 9.17) is 11.6 Å². The van der Waals surface area contributed by atoms with Crippen LogP contribution in [0.25, 0.3) is 0 Å². The van der Waals surface area contributed by atoms with Crippen LogP contribution in [0.4, 0.5) is 0 Å². The summed E-state index contributed by atoms with van der Waals surface area (Å²) < 4.78 is 0. The lowest BCUT2D eigenvalue weighted by molar-refractivity contribution is -0.129. The monoisotopic (exact) mass is 282 g/mol. The van der Waals surface area contributed by atoms with Crippen molar-refractivity contribution in [2.75, 3.05) is 19.6 Å². The summed E-state index contributed by atoms with van der Waals surface area (Å²) in [6, 6.07) is 7.06. The maximum Gasteiger partial charge on any atom is 0.251 e. The molecule has 0 spiro atoms. The zero-order chi connectivity index (χ0) is 14.3. The molecule has 1 rings (SSSR count). The van der Waals surface area contributed by atoms with Gasteiger partial charge in [0.15, 0.2) is 0 Å². The molecule has 1 N–H and O–H groups in total. The molecule has 104 valence electrons. The van der Waals surface area contributed by atoms with E-state index in [2.05, 4.69) is 5.32 Å². The van der Waals surface area contributed by atoms with Crippen molar-refractivity contribution in [2.24, 2.45) is 0 Å². The standard InChI is InChI=1S/C14H19ClN2O2/c1-3-17(4-2)13(18)10-16-14(19)12-7-5-6-11(8-12)9-15/h5-8H,3-4,9-10H2,1-2H3,(H,16,19). The highest BCUT2D eigenvalue weighted by atomic mass is 35.5. The van der Waals surface area contributed by atoms with E-state index in [9.17, 15) is 9.59 Å². The third-order valence-electron chi connectivity index (χ3n) is 2.86. The number of amides is 2. The van der Waals surface area contributed by atoms with Crippen LogP contribution in [0.2, 0.25) is 0 Å². The normalized spacial score (nSPS) is 10.1. The van der Waals surface area contributed by atoms with Crippen LogP contribution in [-0.4, -0.2) is 36.3 Å². The highest BCUT2D eigenvalue weighted by Crippen LogP contribution is 2.07. The first kappa shape index (κ1) is 15.5. The third kappa shape index (κ3) is 4.56. The number of hydrogen-bond donors (Lipinski definition) is 1. The summed E-state index contributed by atoms with van der Waals surface area (Å²) in [5.41, 5.74) is 1.40. The summed E-state index contributed by atoms with van der Waals surface area (Å²) in [5, 5.41) is 2.63. The Morgan fingerprint density at radius 3 is 2.53 bits per heavy atom. The van der Waals surface area contributed by atoms with Crippen molar-refractivity contribution in [3.8, 4) is 0 Å². The number of nitrogens with zero attached hydrogens (tertiary/aromatic N) is 1. The molecule has 0 radical (unpaired) electrons. The molecular formula is C14H19ClN2O2. The molecule has 0 unspecified atom stereocenters. The molecule has 0 bridgehead atoms. The van der Waals surface area contributed by atoms with Gasteiger partial charge in [0.1, 0.15) is 0 Å². The van der Waals surface area contributed by atoms with Crippen molar-refractivity contribution < 1.29 is 9.59 Å². The number of carbonyl (C=O) groups excluding carboxylic acids is 2. The molecule has 4 nitrogen and oxygen atoms in total. The predicted molar refractivity (Wildman–Crippen MR) is 76.3 cm³/mol. The first-order chi connectivity index (χ1) is 9.12. The van der Waals surface area contributed by atoms with Gasteiger partial charge in [-0.2, -0.15) is 0 Å². The Hall–Kier alpha value is -1.55. The summed E-state index contributed by atoms with van der Waals surface area (Å²) in [7, 11) is 0. The Labute approximate surface area is 118 Å². The second kappa shape index (κ2) is 7.79.